The molecule has 11 N–H and O–H groups in total. The zero-order valence-corrected chi connectivity index (χ0v) is 20.2. The fourth-order valence-electron chi connectivity index (χ4n) is 3.14. The van der Waals surface area contributed by atoms with E-state index in [1.54, 1.807) is 0 Å². The van der Waals surface area contributed by atoms with Gasteiger partial charge in [0, 0.05) is 37.6 Å². The normalized spacial score (nSPS) is 13.8. The summed E-state index contributed by atoms with van der Waals surface area (Å²) in [7, 11) is 0. The number of rotatable bonds is 18. The minimum atomic E-state index is -1.53. The zero-order valence-electron chi connectivity index (χ0n) is 20.2. The van der Waals surface area contributed by atoms with Crippen LogP contribution in [0.15, 0.2) is 12.5 Å². The van der Waals surface area contributed by atoms with Gasteiger partial charge in [0.2, 0.25) is 23.6 Å². The molecule has 0 aliphatic rings. The van der Waals surface area contributed by atoms with Crippen LogP contribution in [0.25, 0.3) is 0 Å². The summed E-state index contributed by atoms with van der Waals surface area (Å²) in [4.78, 5) is 89.3. The van der Waals surface area contributed by atoms with Crippen LogP contribution in [0.3, 0.4) is 0 Å². The molecule has 0 saturated heterocycles. The van der Waals surface area contributed by atoms with Gasteiger partial charge in [-0.2, -0.15) is 0 Å². The Labute approximate surface area is 215 Å². The molecule has 0 spiro atoms. The third-order valence-electron chi connectivity index (χ3n) is 5.19. The number of primary amides is 1. The summed E-state index contributed by atoms with van der Waals surface area (Å²) in [6, 6.07) is -5.74. The molecule has 0 saturated carbocycles. The summed E-state index contributed by atoms with van der Waals surface area (Å²) >= 11 is 0. The molecule has 0 fully saturated rings. The highest BCUT2D eigenvalue weighted by Crippen LogP contribution is 2.06. The molecular weight excluding hydrogens is 510 g/mol. The van der Waals surface area contributed by atoms with E-state index in [1.807, 2.05) is 0 Å². The smallest absolute Gasteiger partial charge is 0.326 e. The number of carbonyl (C=O) groups is 7. The van der Waals surface area contributed by atoms with Gasteiger partial charge in [0.1, 0.15) is 18.1 Å². The number of amides is 4. The van der Waals surface area contributed by atoms with Crippen molar-refractivity contribution in [2.45, 2.75) is 69.1 Å². The number of nitrogens with zero attached hydrogens (tertiary/aromatic N) is 1. The van der Waals surface area contributed by atoms with E-state index in [-0.39, 0.29) is 25.7 Å². The SMILES string of the molecule is NC(=O)CCC(NC(=O)C(N)CCC(=O)O)C(=O)NC(CCC(=O)O)C(=O)NC(Cc1cnc[nH]1)C(=O)O. The first-order valence-electron chi connectivity index (χ1n) is 11.4. The maximum absolute atomic E-state index is 12.9. The predicted molar refractivity (Wildman–Crippen MR) is 126 cm³/mol. The van der Waals surface area contributed by atoms with Crippen molar-refractivity contribution < 1.29 is 48.9 Å². The molecule has 0 bridgehead atoms. The topological polar surface area (TPSA) is 297 Å². The van der Waals surface area contributed by atoms with E-state index < -0.39 is 85.0 Å². The quantitative estimate of drug-likeness (QED) is 0.0888. The number of aromatic nitrogens is 2. The number of H-pyrrole nitrogens is 1. The van der Waals surface area contributed by atoms with E-state index in [1.165, 1.54) is 12.5 Å². The third kappa shape index (κ3) is 11.9. The van der Waals surface area contributed by atoms with Gasteiger partial charge in [0.25, 0.3) is 0 Å². The molecule has 0 aliphatic carbocycles. The Morgan fingerprint density at radius 1 is 0.789 bits per heavy atom. The van der Waals surface area contributed by atoms with Crippen LogP contribution in [0.2, 0.25) is 0 Å². The molecule has 1 aromatic rings. The molecule has 4 atom stereocenters. The van der Waals surface area contributed by atoms with Crippen LogP contribution in [-0.2, 0) is 40.0 Å². The van der Waals surface area contributed by atoms with Crippen LogP contribution in [0.1, 0.15) is 44.2 Å². The molecule has 1 heterocycles. The monoisotopic (exact) mass is 541 g/mol. The van der Waals surface area contributed by atoms with E-state index in [0.717, 1.165) is 0 Å². The second-order valence-corrected chi connectivity index (χ2v) is 8.28. The van der Waals surface area contributed by atoms with Gasteiger partial charge in [-0.3, -0.25) is 28.8 Å². The Balaban J connectivity index is 3.02. The van der Waals surface area contributed by atoms with Crippen molar-refractivity contribution in [3.05, 3.63) is 18.2 Å². The number of hydrogen-bond donors (Lipinski definition) is 9. The maximum Gasteiger partial charge on any atom is 0.326 e. The van der Waals surface area contributed by atoms with Gasteiger partial charge in [-0.25, -0.2) is 9.78 Å². The lowest BCUT2D eigenvalue weighted by Crippen LogP contribution is -2.57. The van der Waals surface area contributed by atoms with Crippen molar-refractivity contribution in [1.29, 1.82) is 0 Å². The average Bonchev–Trinajstić information content (AvgIpc) is 3.34. The number of carboxylic acid groups (broad SMARTS) is 3. The van der Waals surface area contributed by atoms with Crippen LogP contribution in [0.4, 0.5) is 0 Å². The van der Waals surface area contributed by atoms with Crippen molar-refractivity contribution in [3.8, 4) is 0 Å². The van der Waals surface area contributed by atoms with Crippen LogP contribution in [0, 0.1) is 0 Å². The molecule has 1 aromatic heterocycles. The summed E-state index contributed by atoms with van der Waals surface area (Å²) in [5.74, 6) is -7.63. The molecule has 0 aromatic carbocycles. The van der Waals surface area contributed by atoms with Crippen molar-refractivity contribution in [2.24, 2.45) is 11.5 Å². The van der Waals surface area contributed by atoms with E-state index in [2.05, 4.69) is 25.9 Å². The van der Waals surface area contributed by atoms with E-state index in [9.17, 15) is 38.7 Å². The summed E-state index contributed by atoms with van der Waals surface area (Å²) in [6.45, 7) is 0. The average molecular weight is 542 g/mol. The van der Waals surface area contributed by atoms with Crippen molar-refractivity contribution >= 4 is 41.5 Å². The minimum absolute atomic E-state index is 0.188. The molecule has 1 rings (SSSR count). The van der Waals surface area contributed by atoms with Gasteiger partial charge in [0.05, 0.1) is 12.4 Å². The largest absolute Gasteiger partial charge is 0.481 e. The van der Waals surface area contributed by atoms with Crippen molar-refractivity contribution in [3.63, 3.8) is 0 Å². The molecular formula is C21H31N7O10. The molecule has 17 heteroatoms. The van der Waals surface area contributed by atoms with Gasteiger partial charge in [-0.1, -0.05) is 0 Å². The third-order valence-corrected chi connectivity index (χ3v) is 5.19. The zero-order chi connectivity index (χ0) is 28.8. The van der Waals surface area contributed by atoms with Crippen LogP contribution < -0.4 is 27.4 Å². The summed E-state index contributed by atoms with van der Waals surface area (Å²) in [5, 5.41) is 34.0. The Kier molecular flexibility index (Phi) is 12.9. The number of carboxylic acids is 3. The second-order valence-electron chi connectivity index (χ2n) is 8.28. The predicted octanol–water partition coefficient (Wildman–Crippen LogP) is -3.19. The van der Waals surface area contributed by atoms with Gasteiger partial charge in [0.15, 0.2) is 0 Å². The number of aliphatic carboxylic acids is 3. The van der Waals surface area contributed by atoms with Crippen LogP contribution in [0.5, 0.6) is 0 Å². The Hall–Kier alpha value is -4.54. The second kappa shape index (κ2) is 15.5. The number of aromatic amines is 1. The van der Waals surface area contributed by atoms with E-state index in [4.69, 9.17) is 21.7 Å². The fourth-order valence-corrected chi connectivity index (χ4v) is 3.14. The highest BCUT2D eigenvalue weighted by molar-refractivity contribution is 5.94. The first-order chi connectivity index (χ1) is 17.8. The highest BCUT2D eigenvalue weighted by atomic mass is 16.4. The fraction of sp³-hybridized carbons (Fsp3) is 0.524. The van der Waals surface area contributed by atoms with E-state index in [0.29, 0.717) is 5.69 Å². The summed E-state index contributed by atoms with van der Waals surface area (Å²) in [6.07, 6.45) is 0.108. The number of carbonyl (C=O) groups excluding carboxylic acids is 4. The number of nitrogens with one attached hydrogen (secondary N) is 4. The minimum Gasteiger partial charge on any atom is -0.481 e. The van der Waals surface area contributed by atoms with Crippen molar-refractivity contribution in [2.75, 3.05) is 0 Å². The van der Waals surface area contributed by atoms with Crippen LogP contribution in [-0.4, -0.2) is 91.0 Å². The molecule has 4 amide bonds. The molecule has 0 radical (unpaired) electrons. The van der Waals surface area contributed by atoms with Gasteiger partial charge < -0.3 is 47.7 Å². The number of nitrogens with two attached hydrogens (primary N) is 2. The highest BCUT2D eigenvalue weighted by Gasteiger charge is 2.31. The maximum atomic E-state index is 12.9. The van der Waals surface area contributed by atoms with Crippen molar-refractivity contribution in [1.82, 2.24) is 25.9 Å². The first kappa shape index (κ1) is 31.5. The summed E-state index contributed by atoms with van der Waals surface area (Å²) in [5.41, 5.74) is 11.2. The molecule has 17 nitrogen and oxygen atoms in total. The number of hydrogen-bond acceptors (Lipinski definition) is 9. The van der Waals surface area contributed by atoms with Gasteiger partial charge >= 0.3 is 17.9 Å². The lowest BCUT2D eigenvalue weighted by atomic mass is 10.1. The molecule has 4 unspecified atom stereocenters. The van der Waals surface area contributed by atoms with Gasteiger partial charge in [-0.15, -0.1) is 0 Å². The Morgan fingerprint density at radius 2 is 1.29 bits per heavy atom. The lowest BCUT2D eigenvalue weighted by Gasteiger charge is -2.25. The molecule has 38 heavy (non-hydrogen) atoms. The summed E-state index contributed by atoms with van der Waals surface area (Å²) < 4.78 is 0. The lowest BCUT2D eigenvalue weighted by molar-refractivity contribution is -0.143. The van der Waals surface area contributed by atoms with E-state index >= 15 is 0 Å². The standard InChI is InChI=1S/C21H31N7O10/c22-11(1-5-16(30)31)18(34)26-12(2-4-15(23)29)19(35)27-13(3-6-17(32)33)20(36)28-14(21(37)38)7-10-8-24-9-25-10/h8-9,11-14H,1-7,22H2,(H2,23,29)(H,24,25)(H,26,34)(H,27,35)(H,28,36)(H,30,31)(H,32,33)(H,37,38). The van der Waals surface area contributed by atoms with Gasteiger partial charge in [-0.05, 0) is 19.3 Å². The first-order valence-corrected chi connectivity index (χ1v) is 11.4. The van der Waals surface area contributed by atoms with Crippen LogP contribution >= 0.6 is 0 Å². The molecule has 210 valence electrons. The number of imidazole rings is 1. The molecule has 0 aliphatic heterocycles. The Morgan fingerprint density at radius 3 is 1.76 bits per heavy atom. The Bertz CT molecular complexity index is 1010.